The Morgan fingerprint density at radius 2 is 1.94 bits per heavy atom. The topological polar surface area (TPSA) is 64.1 Å². The van der Waals surface area contributed by atoms with E-state index in [1.807, 2.05) is 6.92 Å². The van der Waals surface area contributed by atoms with Crippen LogP contribution < -0.4 is 5.73 Å². The van der Waals surface area contributed by atoms with E-state index >= 15 is 0 Å². The molecule has 1 unspecified atom stereocenters. The van der Waals surface area contributed by atoms with Crippen LogP contribution in [0.2, 0.25) is 0 Å². The van der Waals surface area contributed by atoms with Gasteiger partial charge in [0.25, 0.3) is 0 Å². The minimum Gasteiger partial charge on any atom is -0.389 e. The highest BCUT2D eigenvalue weighted by atomic mass is 16.3. The molecule has 0 saturated heterocycles. The van der Waals surface area contributed by atoms with Gasteiger partial charge in [-0.3, -0.25) is 4.68 Å². The molecule has 0 amide bonds. The lowest BCUT2D eigenvalue weighted by Crippen LogP contribution is -2.33. The Kier molecular flexibility index (Phi) is 4.71. The molecule has 0 fully saturated rings. The zero-order valence-corrected chi connectivity index (χ0v) is 11.5. The molecule has 0 bridgehead atoms. The van der Waals surface area contributed by atoms with Gasteiger partial charge in [0.05, 0.1) is 11.3 Å². The van der Waals surface area contributed by atoms with Crippen LogP contribution in [0.1, 0.15) is 43.1 Å². The number of unbranched alkanes of at least 4 members (excludes halogenated alkanes) is 1. The second-order valence-electron chi connectivity index (χ2n) is 5.18. The van der Waals surface area contributed by atoms with Crippen molar-refractivity contribution in [2.24, 2.45) is 5.73 Å². The molecule has 0 radical (unpaired) electrons. The van der Waals surface area contributed by atoms with Gasteiger partial charge in [0.2, 0.25) is 0 Å². The van der Waals surface area contributed by atoms with Crippen molar-refractivity contribution < 1.29 is 5.11 Å². The molecular formula is C13H25N3O. The molecule has 1 aromatic heterocycles. The Hall–Kier alpha value is -0.870. The molecule has 4 heteroatoms. The summed E-state index contributed by atoms with van der Waals surface area (Å²) in [5.74, 6) is 0. The summed E-state index contributed by atoms with van der Waals surface area (Å²) in [5.41, 5.74) is 8.39. The number of nitrogens with two attached hydrogens (primary N) is 1. The molecule has 3 N–H and O–H groups in total. The summed E-state index contributed by atoms with van der Waals surface area (Å²) in [6.07, 6.45) is 2.75. The molecule has 4 nitrogen and oxygen atoms in total. The van der Waals surface area contributed by atoms with E-state index in [2.05, 4.69) is 23.6 Å². The molecule has 17 heavy (non-hydrogen) atoms. The largest absolute Gasteiger partial charge is 0.389 e. The first-order chi connectivity index (χ1) is 7.87. The monoisotopic (exact) mass is 239 g/mol. The number of hydrogen-bond donors (Lipinski definition) is 2. The lowest BCUT2D eigenvalue weighted by Gasteiger charge is -2.20. The molecule has 0 saturated carbocycles. The van der Waals surface area contributed by atoms with Crippen LogP contribution in [0.15, 0.2) is 0 Å². The summed E-state index contributed by atoms with van der Waals surface area (Å²) < 4.78 is 2.06. The van der Waals surface area contributed by atoms with E-state index in [9.17, 15) is 5.11 Å². The van der Waals surface area contributed by atoms with E-state index < -0.39 is 5.60 Å². The molecule has 98 valence electrons. The molecule has 0 aliphatic rings. The van der Waals surface area contributed by atoms with Crippen LogP contribution in [0.25, 0.3) is 0 Å². The second kappa shape index (κ2) is 5.65. The zero-order chi connectivity index (χ0) is 13.1. The number of aromatic nitrogens is 2. The van der Waals surface area contributed by atoms with Crippen LogP contribution in [0.4, 0.5) is 0 Å². The predicted molar refractivity (Wildman–Crippen MR) is 70.0 cm³/mol. The second-order valence-corrected chi connectivity index (χ2v) is 5.18. The van der Waals surface area contributed by atoms with Gasteiger partial charge in [-0.05, 0) is 52.5 Å². The number of nitrogens with zero attached hydrogens (tertiary/aromatic N) is 2. The lowest BCUT2D eigenvalue weighted by molar-refractivity contribution is 0.0569. The van der Waals surface area contributed by atoms with Gasteiger partial charge in [-0.2, -0.15) is 5.10 Å². The third-order valence-corrected chi connectivity index (χ3v) is 3.52. The minimum atomic E-state index is -0.717. The van der Waals surface area contributed by atoms with E-state index in [1.54, 1.807) is 6.92 Å². The Balaban J connectivity index is 2.39. The summed E-state index contributed by atoms with van der Waals surface area (Å²) in [6.45, 7) is 9.28. The standard InChI is InChI=1S/C13H25N3O/c1-10-11(2)15-16(12(10)3)8-6-5-7-13(4,17)9-14/h17H,5-9,14H2,1-4H3. The highest BCUT2D eigenvalue weighted by Gasteiger charge is 2.16. The summed E-state index contributed by atoms with van der Waals surface area (Å²) >= 11 is 0. The Morgan fingerprint density at radius 1 is 1.29 bits per heavy atom. The third-order valence-electron chi connectivity index (χ3n) is 3.52. The van der Waals surface area contributed by atoms with E-state index in [0.29, 0.717) is 6.54 Å². The maximum atomic E-state index is 9.78. The van der Waals surface area contributed by atoms with Crippen LogP contribution in [0.5, 0.6) is 0 Å². The van der Waals surface area contributed by atoms with Crippen LogP contribution in [0.3, 0.4) is 0 Å². The van der Waals surface area contributed by atoms with Gasteiger partial charge in [-0.25, -0.2) is 0 Å². The average Bonchev–Trinajstić information content (AvgIpc) is 2.52. The van der Waals surface area contributed by atoms with Gasteiger partial charge >= 0.3 is 0 Å². The zero-order valence-electron chi connectivity index (χ0n) is 11.5. The van der Waals surface area contributed by atoms with Crippen LogP contribution in [-0.2, 0) is 6.54 Å². The molecule has 0 aromatic carbocycles. The maximum Gasteiger partial charge on any atom is 0.0741 e. The van der Waals surface area contributed by atoms with Gasteiger partial charge in [-0.1, -0.05) is 0 Å². The molecular weight excluding hydrogens is 214 g/mol. The van der Waals surface area contributed by atoms with Gasteiger partial charge in [0.1, 0.15) is 0 Å². The van der Waals surface area contributed by atoms with Gasteiger partial charge in [0, 0.05) is 18.8 Å². The molecule has 1 rings (SSSR count). The van der Waals surface area contributed by atoms with Crippen molar-refractivity contribution >= 4 is 0 Å². The third kappa shape index (κ3) is 3.82. The molecule has 0 aliphatic heterocycles. The number of aryl methyl sites for hydroxylation is 2. The summed E-state index contributed by atoms with van der Waals surface area (Å²) in [4.78, 5) is 0. The maximum absolute atomic E-state index is 9.78. The Labute approximate surface area is 104 Å². The van der Waals surface area contributed by atoms with E-state index in [1.165, 1.54) is 11.3 Å². The first-order valence-corrected chi connectivity index (χ1v) is 6.30. The fraction of sp³-hybridized carbons (Fsp3) is 0.769. The van der Waals surface area contributed by atoms with Gasteiger partial charge < -0.3 is 10.8 Å². The Bertz CT molecular complexity index is 369. The number of rotatable bonds is 6. The van der Waals surface area contributed by atoms with Gasteiger partial charge in [-0.15, -0.1) is 0 Å². The quantitative estimate of drug-likeness (QED) is 0.742. The number of hydrogen-bond acceptors (Lipinski definition) is 3. The molecule has 1 atom stereocenters. The molecule has 1 aromatic rings. The lowest BCUT2D eigenvalue weighted by atomic mass is 9.99. The van der Waals surface area contributed by atoms with Crippen LogP contribution >= 0.6 is 0 Å². The summed E-state index contributed by atoms with van der Waals surface area (Å²) in [7, 11) is 0. The molecule has 0 spiro atoms. The first-order valence-electron chi connectivity index (χ1n) is 6.30. The van der Waals surface area contributed by atoms with E-state index in [4.69, 9.17) is 5.73 Å². The van der Waals surface area contributed by atoms with Crippen molar-refractivity contribution in [1.29, 1.82) is 0 Å². The minimum absolute atomic E-state index is 0.325. The van der Waals surface area contributed by atoms with E-state index in [0.717, 1.165) is 31.5 Å². The Morgan fingerprint density at radius 3 is 2.41 bits per heavy atom. The van der Waals surface area contributed by atoms with E-state index in [-0.39, 0.29) is 0 Å². The van der Waals surface area contributed by atoms with Crippen LogP contribution in [-0.4, -0.2) is 27.0 Å². The highest BCUT2D eigenvalue weighted by Crippen LogP contribution is 2.15. The predicted octanol–water partition coefficient (Wildman–Crippen LogP) is 1.69. The molecule has 1 heterocycles. The number of aliphatic hydroxyl groups is 1. The van der Waals surface area contributed by atoms with Crippen molar-refractivity contribution in [3.05, 3.63) is 17.0 Å². The summed E-state index contributed by atoms with van der Waals surface area (Å²) in [6, 6.07) is 0. The highest BCUT2D eigenvalue weighted by molar-refractivity contribution is 5.21. The fourth-order valence-electron chi connectivity index (χ4n) is 1.87. The van der Waals surface area contributed by atoms with Crippen molar-refractivity contribution in [2.45, 2.75) is 59.1 Å². The SMILES string of the molecule is Cc1nn(CCCCC(C)(O)CN)c(C)c1C. The smallest absolute Gasteiger partial charge is 0.0741 e. The van der Waals surface area contributed by atoms with Crippen molar-refractivity contribution in [3.63, 3.8) is 0 Å². The van der Waals surface area contributed by atoms with Crippen molar-refractivity contribution in [1.82, 2.24) is 9.78 Å². The normalized spacial score (nSPS) is 14.9. The van der Waals surface area contributed by atoms with Gasteiger partial charge in [0.15, 0.2) is 0 Å². The first kappa shape index (κ1) is 14.2. The summed E-state index contributed by atoms with van der Waals surface area (Å²) in [5, 5.41) is 14.3. The van der Waals surface area contributed by atoms with Crippen molar-refractivity contribution in [2.75, 3.05) is 6.54 Å². The molecule has 0 aliphatic carbocycles. The van der Waals surface area contributed by atoms with Crippen LogP contribution in [0, 0.1) is 20.8 Å². The fourth-order valence-corrected chi connectivity index (χ4v) is 1.87. The average molecular weight is 239 g/mol. The van der Waals surface area contributed by atoms with Crippen molar-refractivity contribution in [3.8, 4) is 0 Å².